The molecule has 0 aliphatic heterocycles. The Labute approximate surface area is 64.0 Å². The van der Waals surface area contributed by atoms with E-state index in [-0.39, 0.29) is 5.88 Å². The highest BCUT2D eigenvalue weighted by atomic mass is 35.5. The van der Waals surface area contributed by atoms with Crippen molar-refractivity contribution >= 4 is 11.6 Å². The Kier molecular flexibility index (Phi) is 2.29. The Morgan fingerprint density at radius 3 is 3.00 bits per heavy atom. The van der Waals surface area contributed by atoms with Crippen molar-refractivity contribution in [3.8, 4) is 0 Å². The summed E-state index contributed by atoms with van der Waals surface area (Å²) in [6, 6.07) is 1.77. The fraction of sp³-hybridized carbons (Fsp3) is 0.500. The number of H-pyrrole nitrogens is 1. The standard InChI is InChI=1S/C6H9ClN2O/c1-4-2-5(9-8-4)6(10)3-7/h2,6,10H,3H2,1H3,(H,8,9). The van der Waals surface area contributed by atoms with Crippen LogP contribution >= 0.6 is 11.6 Å². The molecule has 0 amide bonds. The zero-order valence-electron chi connectivity index (χ0n) is 5.63. The molecule has 1 aromatic rings. The lowest BCUT2D eigenvalue weighted by molar-refractivity contribution is 0.197. The third kappa shape index (κ3) is 1.49. The summed E-state index contributed by atoms with van der Waals surface area (Å²) < 4.78 is 0. The first-order chi connectivity index (χ1) is 4.74. The lowest BCUT2D eigenvalue weighted by Gasteiger charge is -1.98. The van der Waals surface area contributed by atoms with Crippen molar-refractivity contribution in [1.29, 1.82) is 0 Å². The van der Waals surface area contributed by atoms with E-state index in [1.54, 1.807) is 6.07 Å². The number of hydrogen-bond donors (Lipinski definition) is 2. The molecule has 1 atom stereocenters. The van der Waals surface area contributed by atoms with Gasteiger partial charge in [-0.25, -0.2) is 0 Å². The summed E-state index contributed by atoms with van der Waals surface area (Å²) in [6.07, 6.45) is -0.647. The minimum absolute atomic E-state index is 0.185. The highest BCUT2D eigenvalue weighted by Crippen LogP contribution is 2.11. The van der Waals surface area contributed by atoms with Crippen molar-refractivity contribution in [1.82, 2.24) is 10.2 Å². The van der Waals surface area contributed by atoms with Gasteiger partial charge in [0.05, 0.1) is 11.6 Å². The molecule has 1 heterocycles. The largest absolute Gasteiger partial charge is 0.385 e. The van der Waals surface area contributed by atoms with Gasteiger partial charge < -0.3 is 5.11 Å². The molecule has 1 aromatic heterocycles. The van der Waals surface area contributed by atoms with Gasteiger partial charge in [-0.05, 0) is 13.0 Å². The normalized spacial score (nSPS) is 13.5. The van der Waals surface area contributed by atoms with Crippen LogP contribution < -0.4 is 0 Å². The van der Waals surface area contributed by atoms with Crippen LogP contribution in [0.5, 0.6) is 0 Å². The smallest absolute Gasteiger partial charge is 0.111 e. The zero-order chi connectivity index (χ0) is 7.56. The van der Waals surface area contributed by atoms with E-state index in [0.717, 1.165) is 5.69 Å². The second-order valence-corrected chi connectivity index (χ2v) is 2.45. The first-order valence-electron chi connectivity index (χ1n) is 3.00. The number of nitrogens with one attached hydrogen (secondary N) is 1. The summed E-state index contributed by atoms with van der Waals surface area (Å²) >= 11 is 5.39. The average molecular weight is 161 g/mol. The summed E-state index contributed by atoms with van der Waals surface area (Å²) in [5.41, 5.74) is 1.53. The molecule has 56 valence electrons. The predicted molar refractivity (Wildman–Crippen MR) is 39.0 cm³/mol. The third-order valence-electron chi connectivity index (χ3n) is 1.21. The fourth-order valence-electron chi connectivity index (χ4n) is 0.689. The minimum atomic E-state index is -0.647. The van der Waals surface area contributed by atoms with Crippen molar-refractivity contribution in [2.24, 2.45) is 0 Å². The van der Waals surface area contributed by atoms with Gasteiger partial charge >= 0.3 is 0 Å². The van der Waals surface area contributed by atoms with Crippen LogP contribution in [0.25, 0.3) is 0 Å². The molecular weight excluding hydrogens is 152 g/mol. The maximum Gasteiger partial charge on any atom is 0.111 e. The highest BCUT2D eigenvalue weighted by Gasteiger charge is 2.07. The van der Waals surface area contributed by atoms with Crippen LogP contribution in [0.2, 0.25) is 0 Å². The second-order valence-electron chi connectivity index (χ2n) is 2.15. The Morgan fingerprint density at radius 1 is 1.90 bits per heavy atom. The van der Waals surface area contributed by atoms with Crippen LogP contribution in [0.15, 0.2) is 6.07 Å². The van der Waals surface area contributed by atoms with Crippen molar-refractivity contribution < 1.29 is 5.11 Å². The Balaban J connectivity index is 2.74. The van der Waals surface area contributed by atoms with Gasteiger partial charge in [0.15, 0.2) is 0 Å². The van der Waals surface area contributed by atoms with Gasteiger partial charge in [-0.3, -0.25) is 5.10 Å². The van der Waals surface area contributed by atoms with Crippen LogP contribution in [0.1, 0.15) is 17.5 Å². The molecule has 3 nitrogen and oxygen atoms in total. The molecule has 0 aliphatic carbocycles. The molecule has 1 unspecified atom stereocenters. The number of nitrogens with zero attached hydrogens (tertiary/aromatic N) is 1. The average Bonchev–Trinajstić information content (AvgIpc) is 2.34. The fourth-order valence-corrected chi connectivity index (χ4v) is 0.847. The predicted octanol–water partition coefficient (Wildman–Crippen LogP) is 0.990. The molecule has 0 saturated carbocycles. The van der Waals surface area contributed by atoms with E-state index in [1.807, 2.05) is 6.92 Å². The van der Waals surface area contributed by atoms with E-state index in [0.29, 0.717) is 5.69 Å². The number of hydrogen-bond acceptors (Lipinski definition) is 2. The molecule has 0 aromatic carbocycles. The van der Waals surface area contributed by atoms with E-state index < -0.39 is 6.10 Å². The molecule has 2 N–H and O–H groups in total. The topological polar surface area (TPSA) is 48.9 Å². The molecule has 0 fully saturated rings. The number of aliphatic hydroxyl groups is 1. The van der Waals surface area contributed by atoms with E-state index >= 15 is 0 Å². The van der Waals surface area contributed by atoms with E-state index in [1.165, 1.54) is 0 Å². The number of aryl methyl sites for hydroxylation is 1. The minimum Gasteiger partial charge on any atom is -0.385 e. The number of aromatic amines is 1. The molecule has 0 aliphatic rings. The van der Waals surface area contributed by atoms with Crippen molar-refractivity contribution in [2.45, 2.75) is 13.0 Å². The maximum absolute atomic E-state index is 9.13. The molecule has 0 spiro atoms. The van der Waals surface area contributed by atoms with Gasteiger partial charge in [-0.15, -0.1) is 11.6 Å². The number of aliphatic hydroxyl groups excluding tert-OH is 1. The van der Waals surface area contributed by atoms with Gasteiger partial charge in [0, 0.05) is 5.69 Å². The molecular formula is C6H9ClN2O. The lowest BCUT2D eigenvalue weighted by atomic mass is 10.3. The third-order valence-corrected chi connectivity index (χ3v) is 1.51. The monoisotopic (exact) mass is 160 g/mol. The van der Waals surface area contributed by atoms with Crippen LogP contribution in [0.4, 0.5) is 0 Å². The van der Waals surface area contributed by atoms with Gasteiger partial charge in [0.1, 0.15) is 6.10 Å². The molecule has 0 radical (unpaired) electrons. The van der Waals surface area contributed by atoms with Crippen LogP contribution in [0, 0.1) is 6.92 Å². The van der Waals surface area contributed by atoms with E-state index in [9.17, 15) is 0 Å². The van der Waals surface area contributed by atoms with Crippen molar-refractivity contribution in [3.05, 3.63) is 17.5 Å². The summed E-state index contributed by atoms with van der Waals surface area (Å²) in [4.78, 5) is 0. The Hall–Kier alpha value is -0.540. The summed E-state index contributed by atoms with van der Waals surface area (Å²) in [6.45, 7) is 1.87. The molecule has 0 saturated heterocycles. The van der Waals surface area contributed by atoms with Crippen molar-refractivity contribution in [2.75, 3.05) is 5.88 Å². The molecule has 4 heteroatoms. The Morgan fingerprint density at radius 2 is 2.60 bits per heavy atom. The van der Waals surface area contributed by atoms with Gasteiger partial charge in [0.25, 0.3) is 0 Å². The van der Waals surface area contributed by atoms with Crippen LogP contribution in [-0.2, 0) is 0 Å². The first kappa shape index (κ1) is 7.57. The highest BCUT2D eigenvalue weighted by molar-refractivity contribution is 6.18. The van der Waals surface area contributed by atoms with E-state index in [4.69, 9.17) is 16.7 Å². The number of aromatic nitrogens is 2. The number of halogens is 1. The lowest BCUT2D eigenvalue weighted by Crippen LogP contribution is -1.98. The van der Waals surface area contributed by atoms with Gasteiger partial charge in [-0.2, -0.15) is 5.10 Å². The summed E-state index contributed by atoms with van der Waals surface area (Å²) in [7, 11) is 0. The van der Waals surface area contributed by atoms with Crippen LogP contribution in [-0.4, -0.2) is 21.2 Å². The number of alkyl halides is 1. The van der Waals surface area contributed by atoms with Gasteiger partial charge in [-0.1, -0.05) is 0 Å². The molecule has 1 rings (SSSR count). The second kappa shape index (κ2) is 3.03. The SMILES string of the molecule is Cc1cc(C(O)CCl)n[nH]1. The van der Waals surface area contributed by atoms with Crippen LogP contribution in [0.3, 0.4) is 0 Å². The quantitative estimate of drug-likeness (QED) is 0.634. The summed E-state index contributed by atoms with van der Waals surface area (Å²) in [5.74, 6) is 0.185. The maximum atomic E-state index is 9.13. The number of rotatable bonds is 2. The summed E-state index contributed by atoms with van der Waals surface area (Å²) in [5, 5.41) is 15.7. The first-order valence-corrected chi connectivity index (χ1v) is 3.53. The molecule has 0 bridgehead atoms. The Bertz CT molecular complexity index is 211. The zero-order valence-corrected chi connectivity index (χ0v) is 6.39. The molecule has 10 heavy (non-hydrogen) atoms. The van der Waals surface area contributed by atoms with Gasteiger partial charge in [0.2, 0.25) is 0 Å². The van der Waals surface area contributed by atoms with Crippen molar-refractivity contribution in [3.63, 3.8) is 0 Å². The van der Waals surface area contributed by atoms with E-state index in [2.05, 4.69) is 10.2 Å².